The van der Waals surface area contributed by atoms with E-state index in [2.05, 4.69) is 9.97 Å². The minimum absolute atomic E-state index is 0.185. The standard InChI is InChI=1S/C16H19N3O3/c1-3-12-6-4-5-7-14(12)16(22)19(10-15(20)21)9-13-8-17-11(2)18-13/h4-8H,3,9-10H2,1-2H3,(H,17,18)(H,20,21). The van der Waals surface area contributed by atoms with Crippen LogP contribution in [0.25, 0.3) is 0 Å². The maximum absolute atomic E-state index is 12.7. The number of aryl methyl sites for hydroxylation is 2. The lowest BCUT2D eigenvalue weighted by atomic mass is 10.0. The van der Waals surface area contributed by atoms with Crippen LogP contribution in [-0.4, -0.2) is 38.4 Å². The number of amides is 1. The molecule has 1 amide bonds. The maximum Gasteiger partial charge on any atom is 0.323 e. The predicted molar refractivity (Wildman–Crippen MR) is 81.5 cm³/mol. The first-order valence-corrected chi connectivity index (χ1v) is 7.10. The number of H-pyrrole nitrogens is 1. The Labute approximate surface area is 128 Å². The van der Waals surface area contributed by atoms with Crippen LogP contribution in [0.2, 0.25) is 0 Å². The Balaban J connectivity index is 2.27. The second kappa shape index (κ2) is 6.89. The number of nitrogens with one attached hydrogen (secondary N) is 1. The lowest BCUT2D eigenvalue weighted by Crippen LogP contribution is -2.35. The number of rotatable bonds is 6. The van der Waals surface area contributed by atoms with Crippen molar-refractivity contribution in [1.29, 1.82) is 0 Å². The highest BCUT2D eigenvalue weighted by atomic mass is 16.4. The molecule has 0 saturated heterocycles. The number of aliphatic carboxylic acids is 1. The summed E-state index contributed by atoms with van der Waals surface area (Å²) in [5.74, 6) is -0.600. The van der Waals surface area contributed by atoms with Gasteiger partial charge in [-0.1, -0.05) is 25.1 Å². The largest absolute Gasteiger partial charge is 0.480 e. The molecule has 1 aromatic heterocycles. The number of aromatic nitrogens is 2. The van der Waals surface area contributed by atoms with Crippen molar-refractivity contribution in [3.8, 4) is 0 Å². The molecule has 0 aliphatic rings. The van der Waals surface area contributed by atoms with Gasteiger partial charge in [0.2, 0.25) is 0 Å². The number of hydrogen-bond acceptors (Lipinski definition) is 3. The zero-order chi connectivity index (χ0) is 16.1. The molecule has 0 unspecified atom stereocenters. The van der Waals surface area contributed by atoms with E-state index in [9.17, 15) is 9.59 Å². The van der Waals surface area contributed by atoms with Crippen molar-refractivity contribution in [3.05, 3.63) is 53.1 Å². The minimum atomic E-state index is -1.04. The summed E-state index contributed by atoms with van der Waals surface area (Å²) < 4.78 is 0. The van der Waals surface area contributed by atoms with Crippen molar-refractivity contribution in [2.24, 2.45) is 0 Å². The van der Waals surface area contributed by atoms with Crippen LogP contribution in [0.5, 0.6) is 0 Å². The van der Waals surface area contributed by atoms with Crippen LogP contribution < -0.4 is 0 Å². The molecule has 116 valence electrons. The molecule has 2 aromatic rings. The highest BCUT2D eigenvalue weighted by molar-refractivity contribution is 5.97. The average Bonchev–Trinajstić information content (AvgIpc) is 2.90. The van der Waals surface area contributed by atoms with E-state index in [4.69, 9.17) is 5.11 Å². The van der Waals surface area contributed by atoms with Gasteiger partial charge in [0.15, 0.2) is 0 Å². The number of nitrogens with zero attached hydrogens (tertiary/aromatic N) is 2. The summed E-state index contributed by atoms with van der Waals surface area (Å²) in [6, 6.07) is 7.27. The molecule has 0 saturated carbocycles. The van der Waals surface area contributed by atoms with Gasteiger partial charge < -0.3 is 15.0 Å². The number of aromatic amines is 1. The first kappa shape index (κ1) is 15.8. The molecule has 0 aliphatic carbocycles. The first-order valence-electron chi connectivity index (χ1n) is 7.10. The summed E-state index contributed by atoms with van der Waals surface area (Å²) in [6.07, 6.45) is 2.33. The summed E-state index contributed by atoms with van der Waals surface area (Å²) in [5.41, 5.74) is 2.16. The lowest BCUT2D eigenvalue weighted by Gasteiger charge is -2.21. The Bertz CT molecular complexity index is 679. The van der Waals surface area contributed by atoms with Crippen molar-refractivity contribution in [1.82, 2.24) is 14.9 Å². The van der Waals surface area contributed by atoms with Gasteiger partial charge in [-0.25, -0.2) is 4.98 Å². The van der Waals surface area contributed by atoms with Crippen LogP contribution in [0.15, 0.2) is 30.5 Å². The molecule has 1 aromatic carbocycles. The quantitative estimate of drug-likeness (QED) is 0.854. The molecule has 0 fully saturated rings. The molecule has 0 spiro atoms. The molecule has 0 aliphatic heterocycles. The van der Waals surface area contributed by atoms with E-state index in [1.54, 1.807) is 25.3 Å². The fraction of sp³-hybridized carbons (Fsp3) is 0.312. The molecular formula is C16H19N3O3. The number of carboxylic acids is 1. The molecule has 2 N–H and O–H groups in total. The third kappa shape index (κ3) is 3.72. The predicted octanol–water partition coefficient (Wildman–Crippen LogP) is 2.01. The fourth-order valence-corrected chi connectivity index (χ4v) is 2.33. The van der Waals surface area contributed by atoms with Gasteiger partial charge in [0.25, 0.3) is 5.91 Å². The van der Waals surface area contributed by atoms with Gasteiger partial charge in [0.05, 0.1) is 18.4 Å². The minimum Gasteiger partial charge on any atom is -0.480 e. The zero-order valence-corrected chi connectivity index (χ0v) is 12.7. The Morgan fingerprint density at radius 3 is 2.64 bits per heavy atom. The molecule has 1 heterocycles. The molecule has 0 radical (unpaired) electrons. The number of hydrogen-bond donors (Lipinski definition) is 2. The van der Waals surface area contributed by atoms with Gasteiger partial charge in [-0.05, 0) is 25.0 Å². The number of carbonyl (C=O) groups excluding carboxylic acids is 1. The van der Waals surface area contributed by atoms with Crippen LogP contribution in [0, 0.1) is 6.92 Å². The van der Waals surface area contributed by atoms with E-state index < -0.39 is 5.97 Å². The summed E-state index contributed by atoms with van der Waals surface area (Å²) in [6.45, 7) is 3.60. The molecule has 2 rings (SSSR count). The fourth-order valence-electron chi connectivity index (χ4n) is 2.33. The third-order valence-corrected chi connectivity index (χ3v) is 3.36. The van der Waals surface area contributed by atoms with Crippen LogP contribution >= 0.6 is 0 Å². The Morgan fingerprint density at radius 2 is 2.05 bits per heavy atom. The van der Waals surface area contributed by atoms with Crippen LogP contribution in [-0.2, 0) is 17.8 Å². The molecule has 0 bridgehead atoms. The van der Waals surface area contributed by atoms with E-state index >= 15 is 0 Å². The molecule has 22 heavy (non-hydrogen) atoms. The van der Waals surface area contributed by atoms with Gasteiger partial charge >= 0.3 is 5.97 Å². The number of imidazole rings is 1. The average molecular weight is 301 g/mol. The van der Waals surface area contributed by atoms with Crippen molar-refractivity contribution >= 4 is 11.9 Å². The molecule has 0 atom stereocenters. The molecule has 6 nitrogen and oxygen atoms in total. The topological polar surface area (TPSA) is 86.3 Å². The van der Waals surface area contributed by atoms with Gasteiger partial charge in [-0.15, -0.1) is 0 Å². The highest BCUT2D eigenvalue weighted by Gasteiger charge is 2.21. The van der Waals surface area contributed by atoms with Crippen LogP contribution in [0.4, 0.5) is 0 Å². The van der Waals surface area contributed by atoms with E-state index in [-0.39, 0.29) is 19.0 Å². The van der Waals surface area contributed by atoms with Crippen molar-refractivity contribution in [2.75, 3.05) is 6.54 Å². The SMILES string of the molecule is CCc1ccccc1C(=O)N(CC(=O)O)Cc1cnc(C)[nH]1. The van der Waals surface area contributed by atoms with Crippen molar-refractivity contribution in [3.63, 3.8) is 0 Å². The number of carbonyl (C=O) groups is 2. The Kier molecular flexibility index (Phi) is 4.93. The number of benzene rings is 1. The summed E-state index contributed by atoms with van der Waals surface area (Å²) in [7, 11) is 0. The van der Waals surface area contributed by atoms with E-state index in [0.717, 1.165) is 11.4 Å². The molecule has 6 heteroatoms. The maximum atomic E-state index is 12.7. The van der Waals surface area contributed by atoms with E-state index in [0.29, 0.717) is 17.7 Å². The normalized spacial score (nSPS) is 10.5. The second-order valence-electron chi connectivity index (χ2n) is 5.06. The number of carboxylic acid groups (broad SMARTS) is 1. The van der Waals surface area contributed by atoms with Crippen molar-refractivity contribution < 1.29 is 14.7 Å². The van der Waals surface area contributed by atoms with E-state index in [1.165, 1.54) is 4.90 Å². The first-order chi connectivity index (χ1) is 10.5. The highest BCUT2D eigenvalue weighted by Crippen LogP contribution is 2.14. The second-order valence-corrected chi connectivity index (χ2v) is 5.06. The molecular weight excluding hydrogens is 282 g/mol. The summed E-state index contributed by atoms with van der Waals surface area (Å²) in [5, 5.41) is 9.07. The Hall–Kier alpha value is -2.63. The Morgan fingerprint density at radius 1 is 1.32 bits per heavy atom. The van der Waals surface area contributed by atoms with Gasteiger partial charge in [-0.2, -0.15) is 0 Å². The third-order valence-electron chi connectivity index (χ3n) is 3.36. The summed E-state index contributed by atoms with van der Waals surface area (Å²) in [4.78, 5) is 32.2. The smallest absolute Gasteiger partial charge is 0.323 e. The summed E-state index contributed by atoms with van der Waals surface area (Å²) >= 11 is 0. The van der Waals surface area contributed by atoms with Crippen LogP contribution in [0.1, 0.15) is 34.4 Å². The van der Waals surface area contributed by atoms with Crippen molar-refractivity contribution in [2.45, 2.75) is 26.8 Å². The van der Waals surface area contributed by atoms with Gasteiger partial charge in [0.1, 0.15) is 12.4 Å². The van der Waals surface area contributed by atoms with E-state index in [1.807, 2.05) is 19.1 Å². The zero-order valence-electron chi connectivity index (χ0n) is 12.7. The van der Waals surface area contributed by atoms with Crippen LogP contribution in [0.3, 0.4) is 0 Å². The van der Waals surface area contributed by atoms with Gasteiger partial charge in [0, 0.05) is 5.56 Å². The van der Waals surface area contributed by atoms with Gasteiger partial charge in [-0.3, -0.25) is 9.59 Å². The monoisotopic (exact) mass is 301 g/mol. The lowest BCUT2D eigenvalue weighted by molar-refractivity contribution is -0.137.